The van der Waals surface area contributed by atoms with E-state index >= 15 is 0 Å². The van der Waals surface area contributed by atoms with Gasteiger partial charge in [0.1, 0.15) is 0 Å². The number of piperazine rings is 1. The molecule has 8 nitrogen and oxygen atoms in total. The van der Waals surface area contributed by atoms with E-state index in [0.29, 0.717) is 38.4 Å². The van der Waals surface area contributed by atoms with Crippen LogP contribution in [0.5, 0.6) is 0 Å². The Morgan fingerprint density at radius 1 is 1.05 bits per heavy atom. The minimum atomic E-state index is -0.299. The first-order chi connectivity index (χ1) is 18.7. The second kappa shape index (κ2) is 12.3. The molecular weight excluding hydrogens is 478 g/mol. The summed E-state index contributed by atoms with van der Waals surface area (Å²) in [5.74, 6) is -0.0894. The summed E-state index contributed by atoms with van der Waals surface area (Å²) in [6.45, 7) is 5.61. The number of hydrogen-bond donors (Lipinski definition) is 1. The van der Waals surface area contributed by atoms with Gasteiger partial charge in [-0.2, -0.15) is 0 Å². The molecule has 8 heteroatoms. The molecule has 3 heterocycles. The molecule has 2 aromatic carbocycles. The van der Waals surface area contributed by atoms with Crippen molar-refractivity contribution in [3.8, 4) is 11.3 Å². The third-order valence-electron chi connectivity index (χ3n) is 7.51. The topological polar surface area (TPSA) is 79.7 Å². The van der Waals surface area contributed by atoms with Crippen LogP contribution in [0, 0.1) is 0 Å². The number of rotatable bonds is 8. The predicted molar refractivity (Wildman–Crippen MR) is 147 cm³/mol. The van der Waals surface area contributed by atoms with Gasteiger partial charge in [-0.05, 0) is 31.4 Å². The quantitative estimate of drug-likeness (QED) is 0.450. The van der Waals surface area contributed by atoms with Crippen LogP contribution in [0.1, 0.15) is 48.3 Å². The molecule has 2 aliphatic heterocycles. The third kappa shape index (κ3) is 5.75. The highest BCUT2D eigenvalue weighted by molar-refractivity contribution is 5.98. The zero-order valence-electron chi connectivity index (χ0n) is 22.1. The first-order valence-electron chi connectivity index (χ1n) is 13.7. The molecule has 2 saturated heterocycles. The Morgan fingerprint density at radius 3 is 2.53 bits per heavy atom. The molecule has 1 aromatic heterocycles. The van der Waals surface area contributed by atoms with Gasteiger partial charge in [0.15, 0.2) is 5.69 Å². The number of imidazole rings is 1. The Balaban J connectivity index is 1.44. The van der Waals surface area contributed by atoms with E-state index in [9.17, 15) is 9.59 Å². The number of carbonyl (C=O) groups excluding carboxylic acids is 2. The van der Waals surface area contributed by atoms with Crippen LogP contribution in [0.4, 0.5) is 4.79 Å². The van der Waals surface area contributed by atoms with Gasteiger partial charge in [0, 0.05) is 37.8 Å². The Morgan fingerprint density at radius 2 is 1.82 bits per heavy atom. The van der Waals surface area contributed by atoms with Crippen LogP contribution >= 0.6 is 0 Å². The van der Waals surface area contributed by atoms with E-state index < -0.39 is 0 Å². The number of amides is 2. The van der Waals surface area contributed by atoms with E-state index in [1.54, 1.807) is 4.90 Å². The second-order valence-electron chi connectivity index (χ2n) is 10.1. The van der Waals surface area contributed by atoms with E-state index in [-0.39, 0.29) is 24.1 Å². The summed E-state index contributed by atoms with van der Waals surface area (Å²) in [6.07, 6.45) is 4.99. The molecule has 2 amide bonds. The number of aromatic nitrogens is 2. The fraction of sp³-hybridized carbons (Fsp3) is 0.433. The van der Waals surface area contributed by atoms with E-state index in [0.717, 1.165) is 49.2 Å². The normalized spacial score (nSPS) is 19.5. The molecule has 0 aliphatic carbocycles. The van der Waals surface area contributed by atoms with Gasteiger partial charge in [0.2, 0.25) is 0 Å². The molecule has 5 rings (SSSR count). The van der Waals surface area contributed by atoms with Crippen molar-refractivity contribution < 1.29 is 14.3 Å². The van der Waals surface area contributed by atoms with Gasteiger partial charge in [-0.25, -0.2) is 9.78 Å². The number of nitrogens with zero attached hydrogens (tertiary/aromatic N) is 4. The lowest BCUT2D eigenvalue weighted by Gasteiger charge is -2.41. The van der Waals surface area contributed by atoms with Gasteiger partial charge >= 0.3 is 6.09 Å². The average Bonchev–Trinajstić information content (AvgIpc) is 3.64. The highest BCUT2D eigenvalue weighted by Crippen LogP contribution is 2.30. The minimum absolute atomic E-state index is 0.0894. The van der Waals surface area contributed by atoms with E-state index in [1.807, 2.05) is 59.8 Å². The van der Waals surface area contributed by atoms with Crippen molar-refractivity contribution in [3.63, 3.8) is 0 Å². The van der Waals surface area contributed by atoms with Gasteiger partial charge in [0.05, 0.1) is 24.7 Å². The summed E-state index contributed by atoms with van der Waals surface area (Å²) in [4.78, 5) is 35.3. The molecule has 0 radical (unpaired) electrons. The first kappa shape index (κ1) is 26.0. The van der Waals surface area contributed by atoms with Gasteiger partial charge in [-0.1, -0.05) is 74.0 Å². The maximum absolute atomic E-state index is 14.2. The predicted octanol–water partition coefficient (Wildman–Crippen LogP) is 4.39. The lowest BCUT2D eigenvalue weighted by atomic mass is 10.0. The summed E-state index contributed by atoms with van der Waals surface area (Å²) in [6, 6.07) is 20.3. The van der Waals surface area contributed by atoms with Crippen molar-refractivity contribution in [2.45, 2.75) is 44.7 Å². The monoisotopic (exact) mass is 515 g/mol. The van der Waals surface area contributed by atoms with Crippen LogP contribution in [0.2, 0.25) is 0 Å². The molecule has 3 aromatic rings. The van der Waals surface area contributed by atoms with Crippen LogP contribution in [0.15, 0.2) is 67.0 Å². The maximum Gasteiger partial charge on any atom is 0.409 e. The van der Waals surface area contributed by atoms with Crippen LogP contribution in [0.3, 0.4) is 0 Å². The van der Waals surface area contributed by atoms with Crippen molar-refractivity contribution in [3.05, 3.63) is 78.2 Å². The number of ether oxygens (including phenoxy) is 1. The number of hydrogen-bond acceptors (Lipinski definition) is 5. The van der Waals surface area contributed by atoms with Crippen molar-refractivity contribution in [1.82, 2.24) is 24.7 Å². The molecule has 2 atom stereocenters. The lowest BCUT2D eigenvalue weighted by molar-refractivity contribution is 0.0375. The molecule has 38 heavy (non-hydrogen) atoms. The number of benzene rings is 2. The average molecular weight is 516 g/mol. The van der Waals surface area contributed by atoms with Crippen LogP contribution in [-0.2, 0) is 11.2 Å². The Hall–Kier alpha value is -3.65. The number of unbranched alkanes of at least 4 members (excludes halogenated alkanes) is 1. The Kier molecular flexibility index (Phi) is 8.38. The zero-order valence-corrected chi connectivity index (χ0v) is 22.1. The third-order valence-corrected chi connectivity index (χ3v) is 7.51. The lowest BCUT2D eigenvalue weighted by Crippen LogP contribution is -2.57. The van der Waals surface area contributed by atoms with Gasteiger partial charge in [0.25, 0.3) is 5.91 Å². The van der Waals surface area contributed by atoms with E-state index in [2.05, 4.69) is 28.9 Å². The summed E-state index contributed by atoms with van der Waals surface area (Å²) in [7, 11) is 0. The van der Waals surface area contributed by atoms with E-state index in [4.69, 9.17) is 9.72 Å². The molecule has 1 N–H and O–H groups in total. The molecule has 0 spiro atoms. The summed E-state index contributed by atoms with van der Waals surface area (Å²) in [5.41, 5.74) is 3.45. The Bertz CT molecular complexity index is 1210. The van der Waals surface area contributed by atoms with Crippen molar-refractivity contribution in [2.24, 2.45) is 0 Å². The van der Waals surface area contributed by atoms with Crippen molar-refractivity contribution >= 4 is 12.0 Å². The molecule has 200 valence electrons. The molecule has 0 bridgehead atoms. The van der Waals surface area contributed by atoms with Crippen LogP contribution in [0.25, 0.3) is 11.3 Å². The molecule has 1 unspecified atom stereocenters. The highest BCUT2D eigenvalue weighted by Gasteiger charge is 2.36. The zero-order chi connectivity index (χ0) is 26.3. The second-order valence-corrected chi connectivity index (χ2v) is 10.1. The SMILES string of the molecule is CCCCOC(=O)N1CCN(C(=O)c2ncn(C3CCNC3)c2-c2ccccc2)[C@H](Cc2ccccc2)C1. The van der Waals surface area contributed by atoms with Crippen LogP contribution in [-0.4, -0.2) is 76.7 Å². The Labute approximate surface area is 224 Å². The highest BCUT2D eigenvalue weighted by atomic mass is 16.6. The summed E-state index contributed by atoms with van der Waals surface area (Å²) in [5, 5.41) is 3.43. The number of carbonyl (C=O) groups is 2. The fourth-order valence-corrected chi connectivity index (χ4v) is 5.43. The maximum atomic E-state index is 14.2. The standard InChI is InChI=1S/C30H37N5O3/c1-2-3-18-38-30(37)33-16-17-34(26(21-33)19-23-10-6-4-7-11-23)29(36)27-28(24-12-8-5-9-13-24)35(22-32-27)25-14-15-31-20-25/h4-13,22,25-26,31H,2-3,14-21H2,1H3/t25?,26-/m1/s1. The summed E-state index contributed by atoms with van der Waals surface area (Å²) < 4.78 is 7.66. The summed E-state index contributed by atoms with van der Waals surface area (Å²) >= 11 is 0. The molecule has 2 fully saturated rings. The molecule has 2 aliphatic rings. The molecule has 0 saturated carbocycles. The number of nitrogens with one attached hydrogen (secondary N) is 1. The minimum Gasteiger partial charge on any atom is -0.449 e. The van der Waals surface area contributed by atoms with Gasteiger partial charge in [-0.15, -0.1) is 0 Å². The van der Waals surface area contributed by atoms with Crippen molar-refractivity contribution in [1.29, 1.82) is 0 Å². The molecular formula is C30H37N5O3. The van der Waals surface area contributed by atoms with Gasteiger partial charge in [-0.3, -0.25) is 4.79 Å². The van der Waals surface area contributed by atoms with E-state index in [1.165, 1.54) is 0 Å². The fourth-order valence-electron chi connectivity index (χ4n) is 5.43. The van der Waals surface area contributed by atoms with Crippen molar-refractivity contribution in [2.75, 3.05) is 39.3 Å². The van der Waals surface area contributed by atoms with Gasteiger partial charge < -0.3 is 24.4 Å². The smallest absolute Gasteiger partial charge is 0.409 e. The van der Waals surface area contributed by atoms with Crippen LogP contribution < -0.4 is 5.32 Å². The largest absolute Gasteiger partial charge is 0.449 e. The first-order valence-corrected chi connectivity index (χ1v) is 13.7.